The van der Waals surface area contributed by atoms with Crippen LogP contribution in [-0.2, 0) is 16.0 Å². The van der Waals surface area contributed by atoms with Gasteiger partial charge in [-0.25, -0.2) is 0 Å². The lowest BCUT2D eigenvalue weighted by Crippen LogP contribution is -2.48. The number of carbonyl (C=O) groups is 2. The Hall–Kier alpha value is -2.08. The fourth-order valence-electron chi connectivity index (χ4n) is 4.13. The van der Waals surface area contributed by atoms with E-state index in [2.05, 4.69) is 5.32 Å². The highest BCUT2D eigenvalue weighted by atomic mass is 16.5. The van der Waals surface area contributed by atoms with Crippen molar-refractivity contribution in [1.82, 2.24) is 4.90 Å². The number of benzene rings is 1. The van der Waals surface area contributed by atoms with Gasteiger partial charge in [0.2, 0.25) is 5.91 Å². The largest absolute Gasteiger partial charge is 0.384 e. The molecule has 0 saturated carbocycles. The first-order chi connectivity index (χ1) is 11.1. The molecule has 3 aliphatic rings. The highest BCUT2D eigenvalue weighted by molar-refractivity contribution is 5.96. The number of anilines is 1. The number of carbonyl (C=O) groups excluding carboxylic acids is 2. The van der Waals surface area contributed by atoms with Crippen LogP contribution < -0.4 is 11.1 Å². The van der Waals surface area contributed by atoms with Gasteiger partial charge in [0.25, 0.3) is 5.91 Å². The molecule has 2 fully saturated rings. The molecule has 122 valence electrons. The summed E-state index contributed by atoms with van der Waals surface area (Å²) in [6.07, 6.45) is 1.54. The summed E-state index contributed by atoms with van der Waals surface area (Å²) in [6, 6.07) is 5.79. The smallest absolute Gasteiger partial charge is 0.253 e. The van der Waals surface area contributed by atoms with E-state index in [1.807, 2.05) is 18.2 Å². The monoisotopic (exact) mass is 315 g/mol. The van der Waals surface area contributed by atoms with Gasteiger partial charge in [-0.15, -0.1) is 0 Å². The number of rotatable bonds is 2. The molecule has 2 saturated heterocycles. The Morgan fingerprint density at radius 2 is 2.26 bits per heavy atom. The van der Waals surface area contributed by atoms with Crippen LogP contribution in [0.25, 0.3) is 0 Å². The van der Waals surface area contributed by atoms with E-state index in [0.29, 0.717) is 38.3 Å². The summed E-state index contributed by atoms with van der Waals surface area (Å²) in [5.74, 6) is -0.317. The van der Waals surface area contributed by atoms with Crippen molar-refractivity contribution in [3.63, 3.8) is 0 Å². The zero-order valence-corrected chi connectivity index (χ0v) is 13.0. The molecule has 6 nitrogen and oxygen atoms in total. The first-order valence-corrected chi connectivity index (χ1v) is 8.14. The second kappa shape index (κ2) is 5.23. The van der Waals surface area contributed by atoms with Gasteiger partial charge in [0.15, 0.2) is 0 Å². The molecule has 0 bridgehead atoms. The minimum absolute atomic E-state index is 0.00814. The molecule has 0 spiro atoms. The lowest BCUT2D eigenvalue weighted by Gasteiger charge is -2.34. The van der Waals surface area contributed by atoms with Gasteiger partial charge in [0, 0.05) is 43.4 Å². The van der Waals surface area contributed by atoms with Gasteiger partial charge in [0.1, 0.15) is 0 Å². The Bertz CT molecular complexity index is 675. The van der Waals surface area contributed by atoms with E-state index >= 15 is 0 Å². The van der Waals surface area contributed by atoms with Crippen LogP contribution in [0.1, 0.15) is 22.3 Å². The maximum atomic E-state index is 12.9. The van der Waals surface area contributed by atoms with Crippen molar-refractivity contribution in [2.24, 2.45) is 17.1 Å². The molecule has 2 atom stereocenters. The van der Waals surface area contributed by atoms with Gasteiger partial charge in [-0.2, -0.15) is 0 Å². The number of ether oxygens (including phenoxy) is 1. The molecule has 0 aliphatic carbocycles. The number of primary amides is 1. The first-order valence-electron chi connectivity index (χ1n) is 8.14. The van der Waals surface area contributed by atoms with Crippen LogP contribution in [0, 0.1) is 11.3 Å². The maximum absolute atomic E-state index is 12.9. The van der Waals surface area contributed by atoms with Gasteiger partial charge < -0.3 is 20.7 Å². The molecule has 3 N–H and O–H groups in total. The highest BCUT2D eigenvalue weighted by Gasteiger charge is 2.53. The van der Waals surface area contributed by atoms with E-state index in [-0.39, 0.29) is 17.7 Å². The van der Waals surface area contributed by atoms with Gasteiger partial charge in [0.05, 0.1) is 12.0 Å². The predicted molar refractivity (Wildman–Crippen MR) is 85.1 cm³/mol. The van der Waals surface area contributed by atoms with Crippen LogP contribution in [0.3, 0.4) is 0 Å². The van der Waals surface area contributed by atoms with Crippen molar-refractivity contribution in [2.75, 3.05) is 38.2 Å². The average Bonchev–Trinajstić information content (AvgIpc) is 3.18. The molecular weight excluding hydrogens is 294 g/mol. The van der Waals surface area contributed by atoms with Crippen molar-refractivity contribution in [3.05, 3.63) is 29.3 Å². The van der Waals surface area contributed by atoms with E-state index < -0.39 is 5.41 Å². The molecule has 0 unspecified atom stereocenters. The fourth-order valence-corrected chi connectivity index (χ4v) is 4.13. The highest BCUT2D eigenvalue weighted by Crippen LogP contribution is 2.42. The third kappa shape index (κ3) is 2.20. The van der Waals surface area contributed by atoms with Crippen LogP contribution >= 0.6 is 0 Å². The SMILES string of the molecule is NC(=O)[C@]12CCOC[C@H]1CN(C(=O)c1ccc3c(c1)CCN3)C2. The third-order valence-electron chi connectivity index (χ3n) is 5.55. The standard InChI is InChI=1S/C17H21N3O3/c18-16(22)17-4-6-23-9-13(17)8-20(10-17)15(21)12-1-2-14-11(7-12)3-5-19-14/h1-2,7,13,19H,3-6,8-10H2,(H2,18,22)/t13-,17+/m1/s1. The topological polar surface area (TPSA) is 84.7 Å². The zero-order chi connectivity index (χ0) is 16.0. The van der Waals surface area contributed by atoms with E-state index in [1.54, 1.807) is 4.90 Å². The van der Waals surface area contributed by atoms with Crippen LogP contribution in [0.5, 0.6) is 0 Å². The summed E-state index contributed by atoms with van der Waals surface area (Å²) in [4.78, 5) is 26.7. The molecule has 4 rings (SSSR count). The lowest BCUT2D eigenvalue weighted by atomic mass is 9.74. The normalized spacial score (nSPS) is 28.9. The van der Waals surface area contributed by atoms with Crippen LogP contribution in [0.2, 0.25) is 0 Å². The fraction of sp³-hybridized carbons (Fsp3) is 0.529. The predicted octanol–water partition coefficient (Wildman–Crippen LogP) is 0.619. The van der Waals surface area contributed by atoms with E-state index in [4.69, 9.17) is 10.5 Å². The summed E-state index contributed by atoms with van der Waals surface area (Å²) < 4.78 is 5.50. The van der Waals surface area contributed by atoms with Crippen LogP contribution in [0.15, 0.2) is 18.2 Å². The number of hydrogen-bond acceptors (Lipinski definition) is 4. The minimum atomic E-state index is -0.619. The Morgan fingerprint density at radius 3 is 3.04 bits per heavy atom. The Balaban J connectivity index is 1.59. The zero-order valence-electron chi connectivity index (χ0n) is 13.0. The number of likely N-dealkylation sites (tertiary alicyclic amines) is 1. The quantitative estimate of drug-likeness (QED) is 0.838. The maximum Gasteiger partial charge on any atom is 0.253 e. The molecule has 0 radical (unpaired) electrons. The number of hydrogen-bond donors (Lipinski definition) is 2. The molecule has 3 heterocycles. The van der Waals surface area contributed by atoms with Gasteiger partial charge in [-0.1, -0.05) is 0 Å². The van der Waals surface area contributed by atoms with E-state index in [9.17, 15) is 9.59 Å². The van der Waals surface area contributed by atoms with Crippen molar-refractivity contribution in [1.29, 1.82) is 0 Å². The van der Waals surface area contributed by atoms with Gasteiger partial charge in [-0.05, 0) is 36.6 Å². The van der Waals surface area contributed by atoms with Gasteiger partial charge >= 0.3 is 0 Å². The first kappa shape index (κ1) is 14.5. The third-order valence-corrected chi connectivity index (χ3v) is 5.55. The van der Waals surface area contributed by atoms with E-state index in [0.717, 1.165) is 18.7 Å². The Labute approximate surface area is 135 Å². The minimum Gasteiger partial charge on any atom is -0.384 e. The lowest BCUT2D eigenvalue weighted by molar-refractivity contribution is -0.135. The number of fused-ring (bicyclic) bond motifs is 2. The average molecular weight is 315 g/mol. The van der Waals surface area contributed by atoms with E-state index in [1.165, 1.54) is 5.56 Å². The van der Waals surface area contributed by atoms with Crippen molar-refractivity contribution >= 4 is 17.5 Å². The van der Waals surface area contributed by atoms with Gasteiger partial charge in [-0.3, -0.25) is 9.59 Å². The molecule has 1 aromatic rings. The number of nitrogens with one attached hydrogen (secondary N) is 1. The second-order valence-corrected chi connectivity index (χ2v) is 6.78. The summed E-state index contributed by atoms with van der Waals surface area (Å²) in [5.41, 5.74) is 8.04. The number of amides is 2. The number of nitrogens with zero attached hydrogens (tertiary/aromatic N) is 1. The molecule has 6 heteroatoms. The molecule has 0 aromatic heterocycles. The summed E-state index contributed by atoms with van der Waals surface area (Å²) >= 11 is 0. The second-order valence-electron chi connectivity index (χ2n) is 6.78. The van der Waals surface area contributed by atoms with Crippen molar-refractivity contribution < 1.29 is 14.3 Å². The Kier molecular flexibility index (Phi) is 3.30. The molecule has 3 aliphatic heterocycles. The molecular formula is C17H21N3O3. The molecule has 1 aromatic carbocycles. The van der Waals surface area contributed by atoms with Crippen LogP contribution in [-0.4, -0.2) is 49.6 Å². The molecule has 23 heavy (non-hydrogen) atoms. The number of nitrogens with two attached hydrogens (primary N) is 1. The molecule has 2 amide bonds. The van der Waals surface area contributed by atoms with Crippen LogP contribution in [0.4, 0.5) is 5.69 Å². The summed E-state index contributed by atoms with van der Waals surface area (Å²) in [6.45, 7) is 2.90. The van der Waals surface area contributed by atoms with Crippen molar-refractivity contribution in [3.8, 4) is 0 Å². The Morgan fingerprint density at radius 1 is 1.39 bits per heavy atom. The summed E-state index contributed by atoms with van der Waals surface area (Å²) in [7, 11) is 0. The van der Waals surface area contributed by atoms with Crippen molar-refractivity contribution in [2.45, 2.75) is 12.8 Å². The summed E-state index contributed by atoms with van der Waals surface area (Å²) in [5, 5.41) is 3.29.